The van der Waals surface area contributed by atoms with Crippen molar-refractivity contribution in [3.05, 3.63) is 60.4 Å². The Labute approximate surface area is 238 Å². The fourth-order valence-corrected chi connectivity index (χ4v) is 7.24. The zero-order valence-corrected chi connectivity index (χ0v) is 24.0. The minimum Gasteiger partial charge on any atom is -0.341 e. The Bertz CT molecular complexity index is 1670. The fraction of sp³-hybridized carbons (Fsp3) is 0.448. The van der Waals surface area contributed by atoms with Crippen molar-refractivity contribution in [2.45, 2.75) is 56.9 Å². The van der Waals surface area contributed by atoms with Crippen molar-refractivity contribution in [1.29, 1.82) is 0 Å². The lowest BCUT2D eigenvalue weighted by Crippen LogP contribution is -2.44. The maximum atomic E-state index is 15.9. The molecule has 0 atom stereocenters. The molecule has 216 valence electrons. The largest absolute Gasteiger partial charge is 0.341 e. The predicted octanol–water partition coefficient (Wildman–Crippen LogP) is 4.54. The maximum Gasteiger partial charge on any atom is 0.225 e. The summed E-state index contributed by atoms with van der Waals surface area (Å²) in [5, 5.41) is 0. The fourth-order valence-electron chi connectivity index (χ4n) is 5.78. The third-order valence-electron chi connectivity index (χ3n) is 8.11. The molecule has 12 heteroatoms. The Kier molecular flexibility index (Phi) is 7.45. The van der Waals surface area contributed by atoms with E-state index in [0.717, 1.165) is 38.0 Å². The first-order chi connectivity index (χ1) is 19.8. The molecule has 6 rings (SSSR count). The topological polar surface area (TPSA) is 97.1 Å². The summed E-state index contributed by atoms with van der Waals surface area (Å²) >= 11 is 0. The van der Waals surface area contributed by atoms with Crippen LogP contribution in [0.5, 0.6) is 0 Å². The highest BCUT2D eigenvalue weighted by molar-refractivity contribution is 7.90. The van der Waals surface area contributed by atoms with Crippen LogP contribution >= 0.6 is 0 Å². The molecule has 0 bridgehead atoms. The number of sulfone groups is 1. The molecule has 9 nitrogen and oxygen atoms in total. The predicted molar refractivity (Wildman–Crippen MR) is 154 cm³/mol. The second-order valence-electron chi connectivity index (χ2n) is 11.0. The number of benzene rings is 1. The molecule has 2 aliphatic rings. The molecule has 1 aliphatic carbocycles. The lowest BCUT2D eigenvalue weighted by molar-refractivity contribution is 0.201. The number of fused-ring (bicyclic) bond motifs is 1. The molecule has 1 saturated carbocycles. The van der Waals surface area contributed by atoms with E-state index in [2.05, 4.69) is 24.8 Å². The summed E-state index contributed by atoms with van der Waals surface area (Å²) < 4.78 is 57.4. The third-order valence-corrected chi connectivity index (χ3v) is 9.89. The van der Waals surface area contributed by atoms with Gasteiger partial charge in [0.15, 0.2) is 15.7 Å². The highest BCUT2D eigenvalue weighted by Crippen LogP contribution is 2.35. The lowest BCUT2D eigenvalue weighted by Gasteiger charge is -2.36. The van der Waals surface area contributed by atoms with Gasteiger partial charge in [0.05, 0.1) is 23.2 Å². The number of nitrogens with zero attached hydrogens (tertiary/aromatic N) is 7. The minimum absolute atomic E-state index is 0.0759. The molecule has 0 radical (unpaired) electrons. The molecule has 0 spiro atoms. The quantitative estimate of drug-likeness (QED) is 0.284. The van der Waals surface area contributed by atoms with Gasteiger partial charge < -0.3 is 14.4 Å². The highest BCUT2D eigenvalue weighted by Gasteiger charge is 2.33. The van der Waals surface area contributed by atoms with E-state index in [0.29, 0.717) is 34.5 Å². The second-order valence-corrected chi connectivity index (χ2v) is 13.2. The molecule has 4 aromatic rings. The van der Waals surface area contributed by atoms with Crippen LogP contribution in [-0.2, 0) is 15.6 Å². The summed E-state index contributed by atoms with van der Waals surface area (Å²) in [5.74, 6) is -1.81. The summed E-state index contributed by atoms with van der Waals surface area (Å²) in [4.78, 5) is 22.4. The highest BCUT2D eigenvalue weighted by atomic mass is 32.2. The molecule has 1 saturated heterocycles. The average Bonchev–Trinajstić information content (AvgIpc) is 3.76. The molecule has 2 fully saturated rings. The van der Waals surface area contributed by atoms with Crippen LogP contribution in [0, 0.1) is 11.6 Å². The lowest BCUT2D eigenvalue weighted by atomic mass is 10.0. The van der Waals surface area contributed by atoms with Crippen LogP contribution in [-0.4, -0.2) is 75.8 Å². The van der Waals surface area contributed by atoms with E-state index < -0.39 is 27.2 Å². The van der Waals surface area contributed by atoms with Gasteiger partial charge in [0.1, 0.15) is 23.3 Å². The zero-order valence-electron chi connectivity index (χ0n) is 23.2. The Morgan fingerprint density at radius 2 is 1.78 bits per heavy atom. The van der Waals surface area contributed by atoms with Crippen molar-refractivity contribution >= 4 is 26.8 Å². The van der Waals surface area contributed by atoms with Crippen molar-refractivity contribution in [3.63, 3.8) is 0 Å². The van der Waals surface area contributed by atoms with Gasteiger partial charge in [-0.2, -0.15) is 0 Å². The number of hydrogen-bond acceptors (Lipinski definition) is 8. The van der Waals surface area contributed by atoms with E-state index in [1.807, 2.05) is 7.05 Å². The first-order valence-corrected chi connectivity index (χ1v) is 15.9. The molecule has 4 heterocycles. The van der Waals surface area contributed by atoms with Crippen LogP contribution in [0.2, 0.25) is 0 Å². The van der Waals surface area contributed by atoms with Gasteiger partial charge in [0.2, 0.25) is 5.95 Å². The number of likely N-dealkylation sites (tertiary alicyclic amines) is 1. The van der Waals surface area contributed by atoms with Crippen LogP contribution in [0.3, 0.4) is 0 Å². The maximum absolute atomic E-state index is 15.9. The molecule has 1 aromatic carbocycles. The number of hydrogen-bond donors (Lipinski definition) is 0. The van der Waals surface area contributed by atoms with Crippen LogP contribution in [0.25, 0.3) is 27.8 Å². The first kappa shape index (κ1) is 27.6. The molecule has 3 aromatic heterocycles. The van der Waals surface area contributed by atoms with Crippen molar-refractivity contribution in [3.8, 4) is 16.8 Å². The van der Waals surface area contributed by atoms with Crippen molar-refractivity contribution in [1.82, 2.24) is 29.4 Å². The van der Waals surface area contributed by atoms with Gasteiger partial charge in [-0.25, -0.2) is 37.1 Å². The average molecular weight is 582 g/mol. The van der Waals surface area contributed by atoms with Gasteiger partial charge in [-0.05, 0) is 38.2 Å². The minimum atomic E-state index is -3.55. The van der Waals surface area contributed by atoms with E-state index in [-0.39, 0.29) is 23.0 Å². The van der Waals surface area contributed by atoms with E-state index >= 15 is 8.78 Å². The van der Waals surface area contributed by atoms with Crippen molar-refractivity contribution in [2.24, 2.45) is 0 Å². The zero-order chi connectivity index (χ0) is 28.7. The summed E-state index contributed by atoms with van der Waals surface area (Å²) in [6.45, 7) is 3.84. The number of aromatic nitrogens is 5. The monoisotopic (exact) mass is 581 g/mol. The van der Waals surface area contributed by atoms with Gasteiger partial charge in [-0.15, -0.1) is 0 Å². The van der Waals surface area contributed by atoms with Crippen LogP contribution in [0.15, 0.2) is 43.2 Å². The molecule has 0 unspecified atom stereocenters. The van der Waals surface area contributed by atoms with Gasteiger partial charge >= 0.3 is 0 Å². The standard InChI is InChI=1S/C29H33F2N7O2S/c1-3-12-41(39,40)17-19-4-7-24(30)28(26(19)31)38-16-23(20-13-32-18-33-14-20)27-25(38)15-34-29(35-27)36(2)21-8-10-37(11-9-21)22-5-6-22/h4,7,13-16,18,21-22H,3,5-6,8-12,17H2,1-2H3. The SMILES string of the molecule is CCCS(=O)(=O)Cc1ccc(F)c(-n2cc(-c3cncnc3)c3nc(N(C)C4CCN(C5CC5)CC4)ncc32)c1F. The van der Waals surface area contributed by atoms with Crippen LogP contribution < -0.4 is 4.90 Å². The van der Waals surface area contributed by atoms with Crippen molar-refractivity contribution in [2.75, 3.05) is 30.8 Å². The second kappa shape index (κ2) is 11.1. The first-order valence-electron chi connectivity index (χ1n) is 14.0. The van der Waals surface area contributed by atoms with Gasteiger partial charge in [-0.1, -0.05) is 13.0 Å². The summed E-state index contributed by atoms with van der Waals surface area (Å²) in [7, 11) is -1.56. The molecule has 1 aliphatic heterocycles. The molecular formula is C29H33F2N7O2S. The normalized spacial score (nSPS) is 16.9. The third kappa shape index (κ3) is 5.54. The Balaban J connectivity index is 1.42. The molecule has 0 amide bonds. The number of piperidine rings is 1. The molecular weight excluding hydrogens is 548 g/mol. The summed E-state index contributed by atoms with van der Waals surface area (Å²) in [6, 6.07) is 3.32. The Hall–Kier alpha value is -3.51. The van der Waals surface area contributed by atoms with Gasteiger partial charge in [-0.3, -0.25) is 0 Å². The van der Waals surface area contributed by atoms with E-state index in [1.165, 1.54) is 29.8 Å². The molecule has 41 heavy (non-hydrogen) atoms. The van der Waals surface area contributed by atoms with Gasteiger partial charge in [0, 0.05) is 67.5 Å². The van der Waals surface area contributed by atoms with E-state index in [9.17, 15) is 8.42 Å². The smallest absolute Gasteiger partial charge is 0.225 e. The summed E-state index contributed by atoms with van der Waals surface area (Å²) in [6.07, 6.45) is 12.8. The number of halogens is 2. The number of anilines is 1. The Morgan fingerprint density at radius 1 is 1.05 bits per heavy atom. The van der Waals surface area contributed by atoms with Crippen molar-refractivity contribution < 1.29 is 17.2 Å². The van der Waals surface area contributed by atoms with Crippen LogP contribution in [0.4, 0.5) is 14.7 Å². The van der Waals surface area contributed by atoms with E-state index in [1.54, 1.807) is 31.7 Å². The molecule has 0 N–H and O–H groups in total. The van der Waals surface area contributed by atoms with E-state index in [4.69, 9.17) is 4.98 Å². The van der Waals surface area contributed by atoms with Gasteiger partial charge in [0.25, 0.3) is 0 Å². The number of rotatable bonds is 9. The van der Waals surface area contributed by atoms with Crippen LogP contribution in [0.1, 0.15) is 44.6 Å². The summed E-state index contributed by atoms with van der Waals surface area (Å²) in [5.41, 5.74) is 1.63. The Morgan fingerprint density at radius 3 is 2.46 bits per heavy atom.